The van der Waals surface area contributed by atoms with E-state index < -0.39 is 0 Å². The predicted molar refractivity (Wildman–Crippen MR) is 65.0 cm³/mol. The molecule has 14 heavy (non-hydrogen) atoms. The molecule has 1 aromatic heterocycles. The third-order valence-electron chi connectivity index (χ3n) is 2.73. The number of thiophene rings is 1. The van der Waals surface area contributed by atoms with E-state index in [1.165, 1.54) is 12.0 Å². The van der Waals surface area contributed by atoms with Gasteiger partial charge in [0, 0.05) is 6.54 Å². The Bertz CT molecular complexity index is 239. The van der Waals surface area contributed by atoms with Crippen molar-refractivity contribution in [3.05, 3.63) is 22.4 Å². The van der Waals surface area contributed by atoms with E-state index in [4.69, 9.17) is 0 Å². The number of hydrogen-bond acceptors (Lipinski definition) is 2. The van der Waals surface area contributed by atoms with Gasteiger partial charge < -0.3 is 5.32 Å². The molecule has 0 spiro atoms. The Labute approximate surface area is 91.5 Å². The third kappa shape index (κ3) is 4.25. The lowest BCUT2D eigenvalue weighted by molar-refractivity contribution is 0.329. The minimum absolute atomic E-state index is 0.439. The van der Waals surface area contributed by atoms with Crippen molar-refractivity contribution in [2.24, 2.45) is 5.41 Å². The summed E-state index contributed by atoms with van der Waals surface area (Å²) in [6, 6.07) is 2.21. The number of nitrogens with one attached hydrogen (secondary N) is 1. The monoisotopic (exact) mass is 211 g/mol. The van der Waals surface area contributed by atoms with Crippen LogP contribution in [0.1, 0.15) is 32.8 Å². The maximum atomic E-state index is 3.52. The molecule has 0 aromatic carbocycles. The molecule has 0 fully saturated rings. The van der Waals surface area contributed by atoms with Gasteiger partial charge in [-0.1, -0.05) is 20.8 Å². The average molecular weight is 211 g/mol. The summed E-state index contributed by atoms with van der Waals surface area (Å²) in [6.07, 6.45) is 2.39. The summed E-state index contributed by atoms with van der Waals surface area (Å²) in [7, 11) is 0. The molecule has 1 aromatic rings. The van der Waals surface area contributed by atoms with E-state index in [9.17, 15) is 0 Å². The smallest absolute Gasteiger partial charge is 0.000254 e. The Kier molecular flexibility index (Phi) is 4.63. The lowest BCUT2D eigenvalue weighted by Crippen LogP contribution is -2.30. The second-order valence-corrected chi connectivity index (χ2v) is 5.36. The van der Waals surface area contributed by atoms with Gasteiger partial charge in [-0.15, -0.1) is 0 Å². The second-order valence-electron chi connectivity index (χ2n) is 4.58. The van der Waals surface area contributed by atoms with E-state index in [-0.39, 0.29) is 0 Å². The zero-order valence-corrected chi connectivity index (χ0v) is 10.3. The Balaban J connectivity index is 2.11. The van der Waals surface area contributed by atoms with Crippen LogP contribution in [-0.2, 0) is 6.42 Å². The fraction of sp³-hybridized carbons (Fsp3) is 0.667. The van der Waals surface area contributed by atoms with Crippen molar-refractivity contribution >= 4 is 11.3 Å². The van der Waals surface area contributed by atoms with Gasteiger partial charge in [-0.25, -0.2) is 0 Å². The van der Waals surface area contributed by atoms with Gasteiger partial charge in [0.1, 0.15) is 0 Å². The summed E-state index contributed by atoms with van der Waals surface area (Å²) >= 11 is 1.78. The molecule has 80 valence electrons. The van der Waals surface area contributed by atoms with Crippen molar-refractivity contribution in [3.63, 3.8) is 0 Å². The summed E-state index contributed by atoms with van der Waals surface area (Å²) in [5.74, 6) is 0. The maximum absolute atomic E-state index is 3.52. The van der Waals surface area contributed by atoms with Gasteiger partial charge in [0.05, 0.1) is 0 Å². The average Bonchev–Trinajstić information content (AvgIpc) is 2.65. The summed E-state index contributed by atoms with van der Waals surface area (Å²) < 4.78 is 0. The predicted octanol–water partition coefficient (Wildman–Crippen LogP) is 3.32. The normalized spacial score (nSPS) is 11.9. The van der Waals surface area contributed by atoms with Gasteiger partial charge in [0.25, 0.3) is 0 Å². The van der Waals surface area contributed by atoms with Crippen molar-refractivity contribution in [2.75, 3.05) is 13.1 Å². The lowest BCUT2D eigenvalue weighted by atomic mass is 9.90. The molecular weight excluding hydrogens is 190 g/mol. The SMILES string of the molecule is CCC(C)(C)CNCCc1ccsc1. The van der Waals surface area contributed by atoms with Crippen LogP contribution in [0.15, 0.2) is 16.8 Å². The van der Waals surface area contributed by atoms with Crippen LogP contribution in [0.25, 0.3) is 0 Å². The molecule has 0 amide bonds. The molecule has 1 rings (SSSR count). The van der Waals surface area contributed by atoms with Crippen LogP contribution in [-0.4, -0.2) is 13.1 Å². The molecule has 0 aliphatic heterocycles. The number of rotatable bonds is 6. The highest BCUT2D eigenvalue weighted by atomic mass is 32.1. The molecule has 0 unspecified atom stereocenters. The summed E-state index contributed by atoms with van der Waals surface area (Å²) in [5, 5.41) is 7.89. The largest absolute Gasteiger partial charge is 0.316 e. The fourth-order valence-electron chi connectivity index (χ4n) is 1.22. The van der Waals surface area contributed by atoms with E-state index in [0.717, 1.165) is 19.5 Å². The summed E-state index contributed by atoms with van der Waals surface area (Å²) in [6.45, 7) is 9.09. The highest BCUT2D eigenvalue weighted by Crippen LogP contribution is 2.17. The standard InChI is InChI=1S/C12H21NS/c1-4-12(2,3)10-13-7-5-11-6-8-14-9-11/h6,8-9,13H,4-5,7,10H2,1-3H3. The first-order valence-electron chi connectivity index (χ1n) is 5.36. The molecule has 1 nitrogen and oxygen atoms in total. The third-order valence-corrected chi connectivity index (χ3v) is 3.46. The molecule has 0 aliphatic rings. The first-order chi connectivity index (χ1) is 6.64. The maximum Gasteiger partial charge on any atom is 0.000254 e. The van der Waals surface area contributed by atoms with Crippen molar-refractivity contribution in [1.82, 2.24) is 5.32 Å². The van der Waals surface area contributed by atoms with Gasteiger partial charge in [0.2, 0.25) is 0 Å². The molecule has 1 heterocycles. The molecule has 0 saturated carbocycles. The van der Waals surface area contributed by atoms with E-state index in [2.05, 4.69) is 42.9 Å². The molecule has 0 bridgehead atoms. The van der Waals surface area contributed by atoms with Crippen LogP contribution in [0.2, 0.25) is 0 Å². The first kappa shape index (κ1) is 11.7. The van der Waals surface area contributed by atoms with Crippen molar-refractivity contribution in [1.29, 1.82) is 0 Å². The Hall–Kier alpha value is -0.340. The van der Waals surface area contributed by atoms with Gasteiger partial charge >= 0.3 is 0 Å². The molecular formula is C12H21NS. The zero-order chi connectivity index (χ0) is 10.4. The van der Waals surface area contributed by atoms with Crippen molar-refractivity contribution < 1.29 is 0 Å². The highest BCUT2D eigenvalue weighted by molar-refractivity contribution is 7.07. The molecule has 1 N–H and O–H groups in total. The number of hydrogen-bond donors (Lipinski definition) is 1. The molecule has 0 atom stereocenters. The van der Waals surface area contributed by atoms with Gasteiger partial charge in [-0.2, -0.15) is 11.3 Å². The molecule has 0 radical (unpaired) electrons. The van der Waals surface area contributed by atoms with Gasteiger partial charge in [-0.3, -0.25) is 0 Å². The topological polar surface area (TPSA) is 12.0 Å². The lowest BCUT2D eigenvalue weighted by Gasteiger charge is -2.22. The zero-order valence-electron chi connectivity index (χ0n) is 9.47. The molecule has 0 aliphatic carbocycles. The van der Waals surface area contributed by atoms with Crippen LogP contribution in [0.5, 0.6) is 0 Å². The minimum atomic E-state index is 0.439. The Morgan fingerprint density at radius 2 is 2.21 bits per heavy atom. The van der Waals surface area contributed by atoms with Gasteiger partial charge in [0.15, 0.2) is 0 Å². The van der Waals surface area contributed by atoms with Crippen LogP contribution in [0, 0.1) is 5.41 Å². The fourth-order valence-corrected chi connectivity index (χ4v) is 1.92. The van der Waals surface area contributed by atoms with Crippen LogP contribution in [0.3, 0.4) is 0 Å². The van der Waals surface area contributed by atoms with Crippen molar-refractivity contribution in [3.8, 4) is 0 Å². The quantitative estimate of drug-likeness (QED) is 0.712. The second kappa shape index (κ2) is 5.52. The van der Waals surface area contributed by atoms with E-state index in [1.807, 2.05) is 0 Å². The molecule has 0 saturated heterocycles. The van der Waals surface area contributed by atoms with Crippen LogP contribution >= 0.6 is 11.3 Å². The van der Waals surface area contributed by atoms with E-state index >= 15 is 0 Å². The minimum Gasteiger partial charge on any atom is -0.316 e. The van der Waals surface area contributed by atoms with Crippen LogP contribution < -0.4 is 5.32 Å². The van der Waals surface area contributed by atoms with Gasteiger partial charge in [-0.05, 0) is 47.2 Å². The highest BCUT2D eigenvalue weighted by Gasteiger charge is 2.13. The molecule has 2 heteroatoms. The Morgan fingerprint density at radius 3 is 2.79 bits per heavy atom. The summed E-state index contributed by atoms with van der Waals surface area (Å²) in [5.41, 5.74) is 1.89. The Morgan fingerprint density at radius 1 is 1.43 bits per heavy atom. The van der Waals surface area contributed by atoms with Crippen LogP contribution in [0.4, 0.5) is 0 Å². The first-order valence-corrected chi connectivity index (χ1v) is 6.30. The summed E-state index contributed by atoms with van der Waals surface area (Å²) in [4.78, 5) is 0. The van der Waals surface area contributed by atoms with E-state index in [0.29, 0.717) is 5.41 Å². The van der Waals surface area contributed by atoms with Crippen molar-refractivity contribution in [2.45, 2.75) is 33.6 Å². The van der Waals surface area contributed by atoms with E-state index in [1.54, 1.807) is 11.3 Å².